The highest BCUT2D eigenvalue weighted by Gasteiger charge is 2.01. The van der Waals surface area contributed by atoms with Gasteiger partial charge in [0.1, 0.15) is 0 Å². The third kappa shape index (κ3) is 4.11. The molecule has 6 heteroatoms. The molecule has 0 fully saturated rings. The number of aliphatic imine (C=N–C) groups is 1. The normalized spacial score (nSPS) is 11.2. The van der Waals surface area contributed by atoms with E-state index in [4.69, 9.17) is 5.26 Å². The standard InChI is InChI=1S/C18H18N6/c19-13-22-18(21-8-3-10-24-11-9-20-14-24)23-17-7-6-15-4-1-2-5-16(15)12-17/h1-2,4-7,9,11-12,14H,3,8,10H2,(H2,21,22,23). The summed E-state index contributed by atoms with van der Waals surface area (Å²) in [6.07, 6.45) is 8.25. The fraction of sp³-hybridized carbons (Fsp3) is 0.167. The van der Waals surface area contributed by atoms with Crippen LogP contribution in [0.4, 0.5) is 5.69 Å². The van der Waals surface area contributed by atoms with E-state index in [0.29, 0.717) is 12.5 Å². The van der Waals surface area contributed by atoms with Crippen molar-refractivity contribution in [2.45, 2.75) is 13.0 Å². The topological polar surface area (TPSA) is 78.0 Å². The zero-order valence-electron chi connectivity index (χ0n) is 13.2. The van der Waals surface area contributed by atoms with Crippen molar-refractivity contribution in [1.82, 2.24) is 14.9 Å². The molecule has 0 spiro atoms. The Morgan fingerprint density at radius 2 is 2.08 bits per heavy atom. The molecular formula is C18H18N6. The zero-order valence-corrected chi connectivity index (χ0v) is 13.2. The number of hydrogen-bond acceptors (Lipinski definition) is 3. The van der Waals surface area contributed by atoms with Crippen LogP contribution in [0, 0.1) is 11.5 Å². The Bertz CT molecular complexity index is 861. The molecule has 0 aliphatic rings. The van der Waals surface area contributed by atoms with Gasteiger partial charge in [0.15, 0.2) is 6.19 Å². The number of nitrogens with zero attached hydrogens (tertiary/aromatic N) is 4. The van der Waals surface area contributed by atoms with E-state index in [-0.39, 0.29) is 0 Å². The molecule has 0 aliphatic carbocycles. The van der Waals surface area contributed by atoms with E-state index in [1.54, 1.807) is 12.5 Å². The molecule has 3 aromatic rings. The lowest BCUT2D eigenvalue weighted by Gasteiger charge is -2.09. The Kier molecular flexibility index (Phi) is 5.05. The van der Waals surface area contributed by atoms with E-state index in [1.807, 2.05) is 47.3 Å². The fourth-order valence-electron chi connectivity index (χ4n) is 2.43. The minimum Gasteiger partial charge on any atom is -0.337 e. The maximum Gasteiger partial charge on any atom is 0.209 e. The number of rotatable bonds is 5. The number of guanidine groups is 1. The van der Waals surface area contributed by atoms with Crippen LogP contribution in [0.25, 0.3) is 10.8 Å². The molecule has 0 amide bonds. The molecule has 0 bridgehead atoms. The summed E-state index contributed by atoms with van der Waals surface area (Å²) in [4.78, 5) is 8.43. The van der Waals surface area contributed by atoms with Gasteiger partial charge in [-0.2, -0.15) is 5.26 Å². The van der Waals surface area contributed by atoms with Crippen LogP contribution in [0.2, 0.25) is 0 Å². The van der Waals surface area contributed by atoms with Crippen molar-refractivity contribution < 1.29 is 0 Å². The van der Waals surface area contributed by atoms with Gasteiger partial charge in [-0.3, -0.25) is 10.3 Å². The van der Waals surface area contributed by atoms with E-state index < -0.39 is 0 Å². The molecular weight excluding hydrogens is 300 g/mol. The predicted octanol–water partition coefficient (Wildman–Crippen LogP) is 2.97. The van der Waals surface area contributed by atoms with Gasteiger partial charge in [0.2, 0.25) is 5.96 Å². The van der Waals surface area contributed by atoms with Crippen LogP contribution in [0.15, 0.2) is 66.2 Å². The summed E-state index contributed by atoms with van der Waals surface area (Å²) >= 11 is 0. The second kappa shape index (κ2) is 7.79. The number of hydrogen-bond donors (Lipinski definition) is 2. The van der Waals surface area contributed by atoms with Crippen molar-refractivity contribution in [3.05, 3.63) is 61.2 Å². The van der Waals surface area contributed by atoms with Crippen LogP contribution >= 0.6 is 0 Å². The van der Waals surface area contributed by atoms with Crippen LogP contribution < -0.4 is 10.6 Å². The van der Waals surface area contributed by atoms with E-state index in [2.05, 4.69) is 32.7 Å². The Morgan fingerprint density at radius 3 is 2.88 bits per heavy atom. The number of anilines is 1. The van der Waals surface area contributed by atoms with Gasteiger partial charge < -0.3 is 9.88 Å². The first-order chi connectivity index (χ1) is 11.8. The van der Waals surface area contributed by atoms with Crippen molar-refractivity contribution >= 4 is 22.4 Å². The summed E-state index contributed by atoms with van der Waals surface area (Å²) in [5, 5.41) is 17.0. The van der Waals surface area contributed by atoms with Crippen molar-refractivity contribution in [3.63, 3.8) is 0 Å². The quantitative estimate of drug-likeness (QED) is 0.249. The first-order valence-electron chi connectivity index (χ1n) is 7.76. The smallest absolute Gasteiger partial charge is 0.209 e. The SMILES string of the molecule is N#CNC(=NCCCn1ccnc1)Nc1ccc2ccccc2c1. The minimum absolute atomic E-state index is 0.457. The molecule has 120 valence electrons. The molecule has 2 N–H and O–H groups in total. The Hall–Kier alpha value is -3.33. The number of aryl methyl sites for hydroxylation is 1. The lowest BCUT2D eigenvalue weighted by molar-refractivity contribution is 0.650. The van der Waals surface area contributed by atoms with Crippen molar-refractivity contribution in [2.75, 3.05) is 11.9 Å². The van der Waals surface area contributed by atoms with E-state index in [0.717, 1.165) is 24.0 Å². The number of aromatic nitrogens is 2. The fourth-order valence-corrected chi connectivity index (χ4v) is 2.43. The van der Waals surface area contributed by atoms with Crippen molar-refractivity contribution in [3.8, 4) is 6.19 Å². The first kappa shape index (κ1) is 15.6. The highest BCUT2D eigenvalue weighted by atomic mass is 15.2. The maximum atomic E-state index is 8.90. The molecule has 1 heterocycles. The monoisotopic (exact) mass is 318 g/mol. The van der Waals surface area contributed by atoms with E-state index in [1.165, 1.54) is 5.39 Å². The third-order valence-corrected chi connectivity index (χ3v) is 3.59. The summed E-state index contributed by atoms with van der Waals surface area (Å²) in [6.45, 7) is 1.46. The Labute approximate surface area is 140 Å². The second-order valence-corrected chi connectivity index (χ2v) is 5.31. The molecule has 0 unspecified atom stereocenters. The minimum atomic E-state index is 0.457. The maximum absolute atomic E-state index is 8.90. The molecule has 0 saturated carbocycles. The van der Waals surface area contributed by atoms with E-state index in [9.17, 15) is 0 Å². The van der Waals surface area contributed by atoms with Gasteiger partial charge in [-0.25, -0.2) is 4.98 Å². The highest BCUT2D eigenvalue weighted by Crippen LogP contribution is 2.18. The number of imidazole rings is 1. The van der Waals surface area contributed by atoms with E-state index >= 15 is 0 Å². The molecule has 0 aliphatic heterocycles. The second-order valence-electron chi connectivity index (χ2n) is 5.31. The van der Waals surface area contributed by atoms with Gasteiger partial charge in [-0.05, 0) is 29.3 Å². The van der Waals surface area contributed by atoms with Gasteiger partial charge >= 0.3 is 0 Å². The number of nitriles is 1. The highest BCUT2D eigenvalue weighted by molar-refractivity contribution is 5.97. The summed E-state index contributed by atoms with van der Waals surface area (Å²) in [5.74, 6) is 0.457. The van der Waals surface area contributed by atoms with Crippen LogP contribution in [0.5, 0.6) is 0 Å². The van der Waals surface area contributed by atoms with Crippen LogP contribution in [0.3, 0.4) is 0 Å². The largest absolute Gasteiger partial charge is 0.337 e. The van der Waals surface area contributed by atoms with Crippen LogP contribution in [0.1, 0.15) is 6.42 Å². The lowest BCUT2D eigenvalue weighted by atomic mass is 10.1. The average Bonchev–Trinajstić information content (AvgIpc) is 3.12. The zero-order chi connectivity index (χ0) is 16.6. The van der Waals surface area contributed by atoms with Crippen molar-refractivity contribution in [1.29, 1.82) is 5.26 Å². The number of benzene rings is 2. The van der Waals surface area contributed by atoms with Crippen LogP contribution in [-0.2, 0) is 6.54 Å². The van der Waals surface area contributed by atoms with Crippen LogP contribution in [-0.4, -0.2) is 22.1 Å². The lowest BCUT2D eigenvalue weighted by Crippen LogP contribution is -2.27. The Balaban J connectivity index is 1.63. The molecule has 0 atom stereocenters. The molecule has 24 heavy (non-hydrogen) atoms. The Morgan fingerprint density at radius 1 is 1.21 bits per heavy atom. The molecule has 0 saturated heterocycles. The number of nitrogens with one attached hydrogen (secondary N) is 2. The summed E-state index contributed by atoms with van der Waals surface area (Å²) < 4.78 is 2.00. The molecule has 6 nitrogen and oxygen atoms in total. The first-order valence-corrected chi connectivity index (χ1v) is 7.76. The number of fused-ring (bicyclic) bond motifs is 1. The van der Waals surface area contributed by atoms with Gasteiger partial charge in [0.05, 0.1) is 6.33 Å². The van der Waals surface area contributed by atoms with Gasteiger partial charge in [-0.1, -0.05) is 30.3 Å². The summed E-state index contributed by atoms with van der Waals surface area (Å²) in [7, 11) is 0. The van der Waals surface area contributed by atoms with Crippen molar-refractivity contribution in [2.24, 2.45) is 4.99 Å². The summed E-state index contributed by atoms with van der Waals surface area (Å²) in [6, 6.07) is 14.2. The molecule has 3 rings (SSSR count). The predicted molar refractivity (Wildman–Crippen MR) is 95.5 cm³/mol. The molecule has 2 aromatic carbocycles. The molecule has 1 aromatic heterocycles. The molecule has 0 radical (unpaired) electrons. The summed E-state index contributed by atoms with van der Waals surface area (Å²) in [5.41, 5.74) is 0.893. The van der Waals surface area contributed by atoms with Gasteiger partial charge in [0.25, 0.3) is 0 Å². The average molecular weight is 318 g/mol. The van der Waals surface area contributed by atoms with Gasteiger partial charge in [-0.15, -0.1) is 0 Å². The third-order valence-electron chi connectivity index (χ3n) is 3.59. The van der Waals surface area contributed by atoms with Gasteiger partial charge in [0, 0.05) is 31.2 Å².